The largest absolute Gasteiger partial charge is 0.294 e. The van der Waals surface area contributed by atoms with Gasteiger partial charge in [-0.3, -0.25) is 4.79 Å². The van der Waals surface area contributed by atoms with E-state index >= 15 is 0 Å². The number of nitrogens with zero attached hydrogens (tertiary/aromatic N) is 4. The Morgan fingerprint density at radius 2 is 1.71 bits per heavy atom. The van der Waals surface area contributed by atoms with Gasteiger partial charge in [0.15, 0.2) is 5.78 Å². The molecule has 0 spiro atoms. The maximum absolute atomic E-state index is 12.7. The summed E-state index contributed by atoms with van der Waals surface area (Å²) >= 11 is 0. The van der Waals surface area contributed by atoms with Crippen molar-refractivity contribution in [1.82, 2.24) is 19.9 Å². The number of carbonyl (C=O) groups excluding carboxylic acids is 1. The van der Waals surface area contributed by atoms with Crippen molar-refractivity contribution < 1.29 is 4.79 Å². The number of fused-ring (bicyclic) bond motifs is 2. The average molecular weight is 409 g/mol. The molecule has 0 amide bonds. The number of carbonyl (C=O) groups is 1. The SMILES string of the molecule is Cc1ccc(C2CC(=O)c3cnc(Cc4nc(C)c5cccc(C)c5n4)nc3C2)cc1. The van der Waals surface area contributed by atoms with E-state index in [1.807, 2.05) is 19.1 Å². The highest BCUT2D eigenvalue weighted by Crippen LogP contribution is 2.32. The van der Waals surface area contributed by atoms with E-state index < -0.39 is 0 Å². The van der Waals surface area contributed by atoms with Crippen molar-refractivity contribution in [2.24, 2.45) is 0 Å². The molecular formula is C26H24N4O. The standard InChI is InChI=1S/C26H24N4O/c1-15-7-9-18(10-8-15)19-11-22-21(23(31)12-19)14-27-24(29-22)13-25-28-17(3)20-6-4-5-16(2)26(20)30-25/h4-10,14,19H,11-13H2,1-3H3. The molecule has 1 atom stereocenters. The van der Waals surface area contributed by atoms with Gasteiger partial charge in [0, 0.05) is 23.7 Å². The predicted octanol–water partition coefficient (Wildman–Crippen LogP) is 4.85. The maximum atomic E-state index is 12.7. The molecule has 1 aliphatic carbocycles. The zero-order valence-electron chi connectivity index (χ0n) is 18.0. The van der Waals surface area contributed by atoms with Crippen LogP contribution in [0.5, 0.6) is 0 Å². The second kappa shape index (κ2) is 7.65. The van der Waals surface area contributed by atoms with Crippen molar-refractivity contribution >= 4 is 16.7 Å². The van der Waals surface area contributed by atoms with Gasteiger partial charge in [0.05, 0.1) is 23.2 Å². The van der Waals surface area contributed by atoms with Crippen molar-refractivity contribution in [1.29, 1.82) is 0 Å². The fourth-order valence-electron chi connectivity index (χ4n) is 4.37. The van der Waals surface area contributed by atoms with Crippen LogP contribution in [0.1, 0.15) is 62.4 Å². The Balaban J connectivity index is 1.46. The molecule has 1 unspecified atom stereocenters. The normalized spacial score (nSPS) is 15.8. The molecule has 0 saturated carbocycles. The molecule has 5 nitrogen and oxygen atoms in total. The van der Waals surface area contributed by atoms with Gasteiger partial charge in [-0.2, -0.15) is 0 Å². The summed E-state index contributed by atoms with van der Waals surface area (Å²) in [7, 11) is 0. The molecule has 0 aliphatic heterocycles. The van der Waals surface area contributed by atoms with Gasteiger partial charge < -0.3 is 0 Å². The first kappa shape index (κ1) is 19.5. The van der Waals surface area contributed by atoms with Crippen LogP contribution in [0.15, 0.2) is 48.7 Å². The van der Waals surface area contributed by atoms with E-state index in [0.29, 0.717) is 30.1 Å². The topological polar surface area (TPSA) is 68.6 Å². The van der Waals surface area contributed by atoms with Crippen LogP contribution in [0.4, 0.5) is 0 Å². The molecule has 2 aromatic heterocycles. The second-order valence-electron chi connectivity index (χ2n) is 8.46. The van der Waals surface area contributed by atoms with Crippen LogP contribution in [-0.2, 0) is 12.8 Å². The van der Waals surface area contributed by atoms with Crippen LogP contribution in [0.2, 0.25) is 0 Å². The number of para-hydroxylation sites is 1. The summed E-state index contributed by atoms with van der Waals surface area (Å²) in [5.74, 6) is 1.64. The highest BCUT2D eigenvalue weighted by molar-refractivity contribution is 5.98. The minimum absolute atomic E-state index is 0.117. The number of Topliss-reactive ketones (excluding diaryl/α,β-unsaturated/α-hetero) is 1. The summed E-state index contributed by atoms with van der Waals surface area (Å²) in [6.07, 6.45) is 3.38. The molecule has 2 aromatic carbocycles. The van der Waals surface area contributed by atoms with E-state index in [-0.39, 0.29) is 11.7 Å². The first-order chi connectivity index (χ1) is 15.0. The molecule has 154 valence electrons. The quantitative estimate of drug-likeness (QED) is 0.485. The summed E-state index contributed by atoms with van der Waals surface area (Å²) in [4.78, 5) is 31.4. The smallest absolute Gasteiger partial charge is 0.166 e. The van der Waals surface area contributed by atoms with Gasteiger partial charge in [-0.05, 0) is 44.2 Å². The van der Waals surface area contributed by atoms with E-state index in [4.69, 9.17) is 9.97 Å². The third-order valence-electron chi connectivity index (χ3n) is 6.12. The van der Waals surface area contributed by atoms with Crippen molar-refractivity contribution in [2.75, 3.05) is 0 Å². The zero-order valence-corrected chi connectivity index (χ0v) is 18.0. The molecule has 0 fully saturated rings. The van der Waals surface area contributed by atoms with E-state index in [9.17, 15) is 4.79 Å². The Bertz CT molecular complexity index is 1310. The molecule has 31 heavy (non-hydrogen) atoms. The predicted molar refractivity (Wildman–Crippen MR) is 120 cm³/mol. The second-order valence-corrected chi connectivity index (χ2v) is 8.46. The molecular weight excluding hydrogens is 384 g/mol. The van der Waals surface area contributed by atoms with Crippen LogP contribution < -0.4 is 0 Å². The fourth-order valence-corrected chi connectivity index (χ4v) is 4.37. The molecule has 4 aromatic rings. The number of aryl methyl sites for hydroxylation is 3. The lowest BCUT2D eigenvalue weighted by molar-refractivity contribution is 0.0962. The van der Waals surface area contributed by atoms with Gasteiger partial charge in [0.1, 0.15) is 11.6 Å². The van der Waals surface area contributed by atoms with Crippen molar-refractivity contribution in [3.05, 3.63) is 94.0 Å². The Kier molecular flexibility index (Phi) is 4.81. The van der Waals surface area contributed by atoms with E-state index in [0.717, 1.165) is 34.3 Å². The maximum Gasteiger partial charge on any atom is 0.166 e. The van der Waals surface area contributed by atoms with Gasteiger partial charge >= 0.3 is 0 Å². The van der Waals surface area contributed by atoms with Crippen LogP contribution in [0.25, 0.3) is 10.9 Å². The average Bonchev–Trinajstić information content (AvgIpc) is 2.75. The minimum atomic E-state index is 0.117. The number of aromatic nitrogens is 4. The van der Waals surface area contributed by atoms with Gasteiger partial charge in [0.25, 0.3) is 0 Å². The lowest BCUT2D eigenvalue weighted by Gasteiger charge is -2.23. The highest BCUT2D eigenvalue weighted by Gasteiger charge is 2.28. The number of hydrogen-bond donors (Lipinski definition) is 0. The minimum Gasteiger partial charge on any atom is -0.294 e. The highest BCUT2D eigenvalue weighted by atomic mass is 16.1. The molecule has 5 heteroatoms. The molecule has 0 saturated heterocycles. The van der Waals surface area contributed by atoms with E-state index in [2.05, 4.69) is 54.1 Å². The fraction of sp³-hybridized carbons (Fsp3) is 0.269. The van der Waals surface area contributed by atoms with Crippen LogP contribution in [0.3, 0.4) is 0 Å². The van der Waals surface area contributed by atoms with Gasteiger partial charge in [-0.1, -0.05) is 48.0 Å². The Labute approximate surface area is 181 Å². The Morgan fingerprint density at radius 1 is 0.903 bits per heavy atom. The first-order valence-corrected chi connectivity index (χ1v) is 10.7. The van der Waals surface area contributed by atoms with Crippen LogP contribution in [0, 0.1) is 20.8 Å². The summed E-state index contributed by atoms with van der Waals surface area (Å²) in [6.45, 7) is 6.14. The number of benzene rings is 2. The van der Waals surface area contributed by atoms with Crippen LogP contribution >= 0.6 is 0 Å². The Morgan fingerprint density at radius 3 is 2.52 bits per heavy atom. The van der Waals surface area contributed by atoms with Crippen molar-refractivity contribution in [3.63, 3.8) is 0 Å². The molecule has 0 N–H and O–H groups in total. The number of hydrogen-bond acceptors (Lipinski definition) is 5. The molecule has 2 heterocycles. The Hall–Kier alpha value is -3.47. The van der Waals surface area contributed by atoms with Crippen LogP contribution in [-0.4, -0.2) is 25.7 Å². The molecule has 0 bridgehead atoms. The zero-order chi connectivity index (χ0) is 21.5. The summed E-state index contributed by atoms with van der Waals surface area (Å²) in [5.41, 5.74) is 6.95. The monoisotopic (exact) mass is 408 g/mol. The third-order valence-corrected chi connectivity index (χ3v) is 6.12. The first-order valence-electron chi connectivity index (χ1n) is 10.7. The summed E-state index contributed by atoms with van der Waals surface area (Å²) in [6, 6.07) is 14.6. The third kappa shape index (κ3) is 3.72. The number of rotatable bonds is 3. The van der Waals surface area contributed by atoms with Gasteiger partial charge in [0.2, 0.25) is 0 Å². The van der Waals surface area contributed by atoms with Gasteiger partial charge in [-0.25, -0.2) is 19.9 Å². The van der Waals surface area contributed by atoms with E-state index in [1.165, 1.54) is 11.1 Å². The summed E-state index contributed by atoms with van der Waals surface area (Å²) < 4.78 is 0. The molecule has 5 rings (SSSR count). The lowest BCUT2D eigenvalue weighted by Crippen LogP contribution is -2.21. The molecule has 1 aliphatic rings. The lowest BCUT2D eigenvalue weighted by atomic mass is 9.82. The van der Waals surface area contributed by atoms with Gasteiger partial charge in [-0.15, -0.1) is 0 Å². The summed E-state index contributed by atoms with van der Waals surface area (Å²) in [5, 5.41) is 1.07. The number of ketones is 1. The molecule has 0 radical (unpaired) electrons. The van der Waals surface area contributed by atoms with E-state index in [1.54, 1.807) is 6.20 Å². The van der Waals surface area contributed by atoms with Crippen molar-refractivity contribution in [3.8, 4) is 0 Å². The van der Waals surface area contributed by atoms with Crippen molar-refractivity contribution in [2.45, 2.75) is 46.0 Å².